The highest BCUT2D eigenvalue weighted by atomic mass is 19.1. The standard InChI is InChI=1S/C15H18F2N2/c1-15(2,3)19-8-10(7-18)13(9-19)12-6-11(16)4-5-14(12)17/h4-6,10,13H,8-9H2,1-3H3/t10-,13-/m0/s1. The molecule has 0 saturated carbocycles. The Morgan fingerprint density at radius 2 is 1.95 bits per heavy atom. The van der Waals surface area contributed by atoms with Crippen LogP contribution >= 0.6 is 0 Å². The van der Waals surface area contributed by atoms with Gasteiger partial charge in [-0.25, -0.2) is 8.78 Å². The maximum absolute atomic E-state index is 13.9. The van der Waals surface area contributed by atoms with Crippen molar-refractivity contribution in [3.8, 4) is 6.07 Å². The topological polar surface area (TPSA) is 27.0 Å². The smallest absolute Gasteiger partial charge is 0.126 e. The zero-order valence-electron chi connectivity index (χ0n) is 11.5. The summed E-state index contributed by atoms with van der Waals surface area (Å²) in [5.74, 6) is -1.44. The molecule has 1 heterocycles. The van der Waals surface area contributed by atoms with Gasteiger partial charge in [0.15, 0.2) is 0 Å². The number of hydrogen-bond donors (Lipinski definition) is 0. The Morgan fingerprint density at radius 1 is 1.26 bits per heavy atom. The van der Waals surface area contributed by atoms with Crippen molar-refractivity contribution in [1.82, 2.24) is 4.90 Å². The van der Waals surface area contributed by atoms with E-state index in [1.807, 2.05) is 0 Å². The molecule has 1 aliphatic heterocycles. The van der Waals surface area contributed by atoms with Crippen molar-refractivity contribution in [1.29, 1.82) is 5.26 Å². The third-order valence-corrected chi connectivity index (χ3v) is 3.79. The molecule has 0 aromatic heterocycles. The van der Waals surface area contributed by atoms with Crippen LogP contribution in [0.3, 0.4) is 0 Å². The predicted molar refractivity (Wildman–Crippen MR) is 69.5 cm³/mol. The van der Waals surface area contributed by atoms with Crippen LogP contribution in [0.15, 0.2) is 18.2 Å². The average Bonchev–Trinajstić information content (AvgIpc) is 2.76. The fourth-order valence-corrected chi connectivity index (χ4v) is 2.60. The van der Waals surface area contributed by atoms with Crippen molar-refractivity contribution in [2.75, 3.05) is 13.1 Å². The molecule has 2 nitrogen and oxygen atoms in total. The lowest BCUT2D eigenvalue weighted by atomic mass is 9.89. The van der Waals surface area contributed by atoms with Crippen LogP contribution < -0.4 is 0 Å². The van der Waals surface area contributed by atoms with Crippen LogP contribution in [0.4, 0.5) is 8.78 Å². The monoisotopic (exact) mass is 264 g/mol. The molecule has 1 aromatic carbocycles. The van der Waals surface area contributed by atoms with E-state index in [4.69, 9.17) is 0 Å². The molecule has 0 bridgehead atoms. The highest BCUT2D eigenvalue weighted by Gasteiger charge is 2.39. The largest absolute Gasteiger partial charge is 0.297 e. The van der Waals surface area contributed by atoms with Crippen LogP contribution in [0, 0.1) is 28.9 Å². The Kier molecular flexibility index (Phi) is 3.60. The molecule has 0 unspecified atom stereocenters. The fraction of sp³-hybridized carbons (Fsp3) is 0.533. The van der Waals surface area contributed by atoms with Crippen LogP contribution in [-0.2, 0) is 0 Å². The van der Waals surface area contributed by atoms with Crippen molar-refractivity contribution in [2.45, 2.75) is 32.2 Å². The molecule has 0 N–H and O–H groups in total. The van der Waals surface area contributed by atoms with Crippen LogP contribution in [0.25, 0.3) is 0 Å². The number of hydrogen-bond acceptors (Lipinski definition) is 2. The Hall–Kier alpha value is -1.47. The van der Waals surface area contributed by atoms with Gasteiger partial charge in [-0.3, -0.25) is 4.90 Å². The summed E-state index contributed by atoms with van der Waals surface area (Å²) >= 11 is 0. The number of rotatable bonds is 1. The van der Waals surface area contributed by atoms with E-state index in [-0.39, 0.29) is 17.4 Å². The van der Waals surface area contributed by atoms with Crippen molar-refractivity contribution >= 4 is 0 Å². The maximum Gasteiger partial charge on any atom is 0.126 e. The summed E-state index contributed by atoms with van der Waals surface area (Å²) in [5.41, 5.74) is 0.242. The van der Waals surface area contributed by atoms with Crippen LogP contribution in [0.5, 0.6) is 0 Å². The minimum Gasteiger partial charge on any atom is -0.297 e. The van der Waals surface area contributed by atoms with Gasteiger partial charge in [-0.1, -0.05) is 0 Å². The summed E-state index contributed by atoms with van der Waals surface area (Å²) in [4.78, 5) is 2.15. The minimum absolute atomic E-state index is 0.0757. The number of halogens is 2. The maximum atomic E-state index is 13.9. The quantitative estimate of drug-likeness (QED) is 0.778. The second-order valence-electron chi connectivity index (χ2n) is 6.08. The first-order chi connectivity index (χ1) is 8.82. The molecule has 0 spiro atoms. The molecule has 0 radical (unpaired) electrons. The fourth-order valence-electron chi connectivity index (χ4n) is 2.60. The number of benzene rings is 1. The first-order valence-electron chi connectivity index (χ1n) is 6.42. The van der Waals surface area contributed by atoms with Gasteiger partial charge in [0.05, 0.1) is 12.0 Å². The van der Waals surface area contributed by atoms with E-state index >= 15 is 0 Å². The first-order valence-corrected chi connectivity index (χ1v) is 6.42. The SMILES string of the molecule is CC(C)(C)N1C[C@H](c2cc(F)ccc2F)[C@@H](C#N)C1. The second-order valence-corrected chi connectivity index (χ2v) is 6.08. The van der Waals surface area contributed by atoms with E-state index < -0.39 is 11.6 Å². The zero-order chi connectivity index (χ0) is 14.2. The van der Waals surface area contributed by atoms with Gasteiger partial charge in [-0.05, 0) is 44.5 Å². The normalized spacial score (nSPS) is 24.4. The molecule has 2 rings (SSSR count). The van der Waals surface area contributed by atoms with Gasteiger partial charge in [0, 0.05) is 24.5 Å². The van der Waals surface area contributed by atoms with E-state index in [1.54, 1.807) is 0 Å². The summed E-state index contributed by atoms with van der Waals surface area (Å²) in [7, 11) is 0. The molecule has 1 saturated heterocycles. The van der Waals surface area contributed by atoms with Gasteiger partial charge in [0.1, 0.15) is 11.6 Å². The Bertz CT molecular complexity index is 514. The number of nitriles is 1. The van der Waals surface area contributed by atoms with Gasteiger partial charge < -0.3 is 0 Å². The van der Waals surface area contributed by atoms with Gasteiger partial charge in [-0.15, -0.1) is 0 Å². The number of nitrogens with zero attached hydrogens (tertiary/aromatic N) is 2. The van der Waals surface area contributed by atoms with E-state index in [1.165, 1.54) is 6.07 Å². The predicted octanol–water partition coefficient (Wildman–Crippen LogP) is 3.30. The molecule has 2 atom stereocenters. The Morgan fingerprint density at radius 3 is 2.53 bits per heavy atom. The van der Waals surface area contributed by atoms with E-state index in [9.17, 15) is 14.0 Å². The third kappa shape index (κ3) is 2.76. The summed E-state index contributed by atoms with van der Waals surface area (Å²) in [6, 6.07) is 5.69. The third-order valence-electron chi connectivity index (χ3n) is 3.79. The first kappa shape index (κ1) is 14.0. The van der Waals surface area contributed by atoms with Crippen molar-refractivity contribution in [2.24, 2.45) is 5.92 Å². The molecule has 1 aliphatic rings. The van der Waals surface area contributed by atoms with Crippen LogP contribution in [0.2, 0.25) is 0 Å². The van der Waals surface area contributed by atoms with Crippen molar-refractivity contribution < 1.29 is 8.78 Å². The lowest BCUT2D eigenvalue weighted by Gasteiger charge is -2.31. The van der Waals surface area contributed by atoms with E-state index in [0.29, 0.717) is 18.7 Å². The molecule has 19 heavy (non-hydrogen) atoms. The zero-order valence-corrected chi connectivity index (χ0v) is 11.5. The molecular formula is C15H18F2N2. The molecule has 102 valence electrons. The van der Waals surface area contributed by atoms with Crippen LogP contribution in [-0.4, -0.2) is 23.5 Å². The molecule has 4 heteroatoms. The Balaban J connectivity index is 2.34. The lowest BCUT2D eigenvalue weighted by Crippen LogP contribution is -2.39. The average molecular weight is 264 g/mol. The summed E-state index contributed by atoms with van der Waals surface area (Å²) in [6.07, 6.45) is 0. The van der Waals surface area contributed by atoms with Gasteiger partial charge in [0.2, 0.25) is 0 Å². The lowest BCUT2D eigenvalue weighted by molar-refractivity contribution is 0.170. The second kappa shape index (κ2) is 4.90. The van der Waals surface area contributed by atoms with Gasteiger partial charge in [0.25, 0.3) is 0 Å². The van der Waals surface area contributed by atoms with Crippen molar-refractivity contribution in [3.63, 3.8) is 0 Å². The highest BCUT2D eigenvalue weighted by molar-refractivity contribution is 5.27. The van der Waals surface area contributed by atoms with Gasteiger partial charge >= 0.3 is 0 Å². The van der Waals surface area contributed by atoms with Gasteiger partial charge in [-0.2, -0.15) is 5.26 Å². The molecule has 0 aliphatic carbocycles. The molecule has 1 aromatic rings. The molecule has 0 amide bonds. The summed E-state index contributed by atoms with van der Waals surface area (Å²) in [5, 5.41) is 9.25. The van der Waals surface area contributed by atoms with E-state index in [0.717, 1.165) is 12.1 Å². The van der Waals surface area contributed by atoms with Crippen LogP contribution in [0.1, 0.15) is 32.3 Å². The summed E-state index contributed by atoms with van der Waals surface area (Å²) < 4.78 is 27.2. The highest BCUT2D eigenvalue weighted by Crippen LogP contribution is 2.37. The van der Waals surface area contributed by atoms with E-state index in [2.05, 4.69) is 31.7 Å². The number of likely N-dealkylation sites (tertiary alicyclic amines) is 1. The minimum atomic E-state index is -0.456. The van der Waals surface area contributed by atoms with Crippen molar-refractivity contribution in [3.05, 3.63) is 35.4 Å². The Labute approximate surface area is 112 Å². The summed E-state index contributed by atoms with van der Waals surface area (Å²) in [6.45, 7) is 7.37. The molecule has 1 fully saturated rings. The molecular weight excluding hydrogens is 246 g/mol.